The molecule has 0 aromatic rings. The molecule has 0 spiro atoms. The molecule has 0 atom stereocenters. The van der Waals surface area contributed by atoms with E-state index >= 15 is 0 Å². The Labute approximate surface area is 54.8 Å². The van der Waals surface area contributed by atoms with E-state index in [0.717, 1.165) is 0 Å². The Morgan fingerprint density at radius 1 is 1.43 bits per heavy atom. The average molecular weight is 140 g/mol. The molecule has 1 aliphatic heterocycles. The fraction of sp³-hybridized carbons (Fsp3) is 1.00. The smallest absolute Gasteiger partial charge is 0.360 e. The second-order valence-electron chi connectivity index (χ2n) is 1.04. The first-order chi connectivity index (χ1) is 2.77. The molecule has 0 aliphatic carbocycles. The molecule has 1 saturated heterocycles. The maximum atomic E-state index is 8.24. The predicted molar refractivity (Wildman–Crippen MR) is 14.2 cm³/mol. The van der Waals surface area contributed by atoms with Gasteiger partial charge in [0.05, 0.1) is 0 Å². The Morgan fingerprint density at radius 3 is 1.86 bits per heavy atom. The summed E-state index contributed by atoms with van der Waals surface area (Å²) < 4.78 is 0. The second kappa shape index (κ2) is 2.22. The zero-order chi connectivity index (χ0) is 4.62. The molecule has 4 nitrogen and oxygen atoms in total. The van der Waals surface area contributed by atoms with Crippen LogP contribution in [0.2, 0.25) is 0 Å². The Balaban J connectivity index is 0.000000360. The minimum atomic E-state index is -1.65. The third-order valence-corrected chi connectivity index (χ3v) is 0.476. The zero-order valence-corrected chi connectivity index (χ0v) is 4.98. The van der Waals surface area contributed by atoms with Crippen LogP contribution < -0.4 is 0 Å². The van der Waals surface area contributed by atoms with Crippen LogP contribution in [0.4, 0.5) is 0 Å². The predicted octanol–water partition coefficient (Wildman–Crippen LogP) is -1.42. The fourth-order valence-corrected chi connectivity index (χ4v) is 0.101. The number of aliphatic hydroxyl groups is 2. The van der Waals surface area contributed by atoms with Gasteiger partial charge in [-0.25, -0.2) is 0 Å². The molecule has 2 N–H and O–H groups in total. The van der Waals surface area contributed by atoms with E-state index in [2.05, 4.69) is 9.78 Å². The van der Waals surface area contributed by atoms with Crippen molar-refractivity contribution >= 4 is 0 Å². The van der Waals surface area contributed by atoms with Crippen LogP contribution in [0.25, 0.3) is 0 Å². The summed E-state index contributed by atoms with van der Waals surface area (Å²) in [5.41, 5.74) is 0. The molecule has 0 bridgehead atoms. The first-order valence-electron chi connectivity index (χ1n) is 1.47. The van der Waals surface area contributed by atoms with E-state index in [1.165, 1.54) is 0 Å². The van der Waals surface area contributed by atoms with Crippen molar-refractivity contribution in [2.75, 3.05) is 6.61 Å². The van der Waals surface area contributed by atoms with Crippen molar-refractivity contribution in [1.82, 2.24) is 0 Å². The Morgan fingerprint density at radius 2 is 1.86 bits per heavy atom. The molecular weight excluding hydrogens is 136 g/mol. The van der Waals surface area contributed by atoms with E-state index in [9.17, 15) is 0 Å². The van der Waals surface area contributed by atoms with Gasteiger partial charge in [0, 0.05) is 21.7 Å². The van der Waals surface area contributed by atoms with Gasteiger partial charge >= 0.3 is 5.97 Å². The van der Waals surface area contributed by atoms with Gasteiger partial charge in [-0.1, -0.05) is 0 Å². The summed E-state index contributed by atoms with van der Waals surface area (Å²) >= 11 is 0. The number of aliphatic hydroxyl groups excluding tert-OH is 1. The average Bonchev–Trinajstić information content (AvgIpc) is 2.22. The van der Waals surface area contributed by atoms with Crippen molar-refractivity contribution < 1.29 is 41.7 Å². The summed E-state index contributed by atoms with van der Waals surface area (Å²) in [4.78, 5) is 7.70. The molecule has 0 radical (unpaired) electrons. The molecule has 1 aliphatic rings. The second-order valence-corrected chi connectivity index (χ2v) is 1.04. The summed E-state index contributed by atoms with van der Waals surface area (Å²) in [6, 6.07) is 0. The van der Waals surface area contributed by atoms with E-state index in [1.54, 1.807) is 0 Å². The van der Waals surface area contributed by atoms with Crippen LogP contribution in [-0.2, 0) is 31.5 Å². The number of hydrogen-bond donors (Lipinski definition) is 2. The van der Waals surface area contributed by atoms with Crippen LogP contribution in [0.1, 0.15) is 0 Å². The van der Waals surface area contributed by atoms with Crippen molar-refractivity contribution in [2.24, 2.45) is 0 Å². The molecule has 0 amide bonds. The van der Waals surface area contributed by atoms with Gasteiger partial charge in [-0.2, -0.15) is 9.78 Å². The SMILES string of the molecule is OCC1(O)OO1.[Ti]. The van der Waals surface area contributed by atoms with E-state index < -0.39 is 12.6 Å². The summed E-state index contributed by atoms with van der Waals surface area (Å²) in [6.45, 7) is -0.507. The van der Waals surface area contributed by atoms with Gasteiger partial charge in [-0.05, 0) is 0 Å². The van der Waals surface area contributed by atoms with Crippen LogP contribution in [-0.4, -0.2) is 22.8 Å². The zero-order valence-electron chi connectivity index (χ0n) is 3.42. The molecule has 0 aromatic heterocycles. The molecule has 7 heavy (non-hydrogen) atoms. The molecule has 1 heterocycles. The molecule has 0 unspecified atom stereocenters. The monoisotopic (exact) mass is 140 g/mol. The summed E-state index contributed by atoms with van der Waals surface area (Å²) in [7, 11) is 0. The first-order valence-corrected chi connectivity index (χ1v) is 1.47. The maximum Gasteiger partial charge on any atom is 0.360 e. The van der Waals surface area contributed by atoms with Gasteiger partial charge in [0.1, 0.15) is 6.61 Å². The van der Waals surface area contributed by atoms with Gasteiger partial charge < -0.3 is 10.2 Å². The van der Waals surface area contributed by atoms with Gasteiger partial charge in [-0.15, -0.1) is 0 Å². The van der Waals surface area contributed by atoms with Crippen molar-refractivity contribution in [1.29, 1.82) is 0 Å². The molecule has 5 heteroatoms. The minimum Gasteiger partial charge on any atom is -0.388 e. The number of rotatable bonds is 1. The molecular formula is C2H4O4Ti. The van der Waals surface area contributed by atoms with Crippen molar-refractivity contribution in [3.8, 4) is 0 Å². The van der Waals surface area contributed by atoms with E-state index in [1.807, 2.05) is 0 Å². The van der Waals surface area contributed by atoms with Crippen LogP contribution in [0, 0.1) is 0 Å². The van der Waals surface area contributed by atoms with E-state index in [-0.39, 0.29) is 21.7 Å². The quantitative estimate of drug-likeness (QED) is 0.266. The third-order valence-electron chi connectivity index (χ3n) is 0.476. The van der Waals surface area contributed by atoms with Crippen molar-refractivity contribution in [3.63, 3.8) is 0 Å². The Kier molecular flexibility index (Phi) is 2.39. The van der Waals surface area contributed by atoms with Gasteiger partial charge in [-0.3, -0.25) is 0 Å². The summed E-state index contributed by atoms with van der Waals surface area (Å²) in [6.07, 6.45) is 0. The first kappa shape index (κ1) is 7.55. The largest absolute Gasteiger partial charge is 0.388 e. The number of hydrogen-bond acceptors (Lipinski definition) is 4. The van der Waals surface area contributed by atoms with Crippen molar-refractivity contribution in [2.45, 2.75) is 5.97 Å². The van der Waals surface area contributed by atoms with E-state index in [0.29, 0.717) is 0 Å². The van der Waals surface area contributed by atoms with E-state index in [4.69, 9.17) is 10.2 Å². The minimum absolute atomic E-state index is 0. The molecule has 1 fully saturated rings. The molecule has 0 aromatic carbocycles. The molecule has 0 saturated carbocycles. The fourth-order valence-electron chi connectivity index (χ4n) is 0.101. The van der Waals surface area contributed by atoms with Crippen LogP contribution in [0.5, 0.6) is 0 Å². The molecule has 40 valence electrons. The van der Waals surface area contributed by atoms with Gasteiger partial charge in [0.25, 0.3) is 0 Å². The normalized spacial score (nSPS) is 23.1. The summed E-state index contributed by atoms with van der Waals surface area (Å²) in [5.74, 6) is -1.65. The maximum absolute atomic E-state index is 8.24. The van der Waals surface area contributed by atoms with Gasteiger partial charge in [0.2, 0.25) is 0 Å². The van der Waals surface area contributed by atoms with Crippen LogP contribution >= 0.6 is 0 Å². The van der Waals surface area contributed by atoms with Crippen molar-refractivity contribution in [3.05, 3.63) is 0 Å². The topological polar surface area (TPSA) is 65.5 Å². The Hall–Kier alpha value is 0.554. The van der Waals surface area contributed by atoms with Crippen LogP contribution in [0.3, 0.4) is 0 Å². The standard InChI is InChI=1S/C2H4O4.Ti/c3-1-2(4)5-6-2;/h3-4H,1H2;. The Bertz CT molecular complexity index is 60.7. The van der Waals surface area contributed by atoms with Crippen LogP contribution in [0.15, 0.2) is 0 Å². The van der Waals surface area contributed by atoms with Gasteiger partial charge in [0.15, 0.2) is 0 Å². The molecule has 1 rings (SSSR count). The summed E-state index contributed by atoms with van der Waals surface area (Å²) in [5, 5.41) is 16.2. The third kappa shape index (κ3) is 1.86.